The van der Waals surface area contributed by atoms with E-state index in [4.69, 9.17) is 34.0 Å². The highest BCUT2D eigenvalue weighted by Gasteiger charge is 2.27. The summed E-state index contributed by atoms with van der Waals surface area (Å²) in [6, 6.07) is 37.0. The van der Waals surface area contributed by atoms with Crippen LogP contribution in [0, 0.1) is 0 Å². The van der Waals surface area contributed by atoms with Crippen LogP contribution in [-0.2, 0) is 39.3 Å². The fraction of sp³-hybridized carbons (Fsp3) is 0.508. The lowest BCUT2D eigenvalue weighted by molar-refractivity contribution is -0.120. The number of aliphatic hydroxyl groups is 1. The predicted octanol–water partition coefficient (Wildman–Crippen LogP) is 12.8. The first-order chi connectivity index (χ1) is 39.9. The molecule has 18 nitrogen and oxygen atoms in total. The van der Waals surface area contributed by atoms with E-state index < -0.39 is 30.4 Å². The van der Waals surface area contributed by atoms with Gasteiger partial charge in [0.1, 0.15) is 34.5 Å². The van der Waals surface area contributed by atoms with Crippen LogP contribution in [0.25, 0.3) is 10.4 Å². The van der Waals surface area contributed by atoms with Crippen LogP contribution in [0.15, 0.2) is 126 Å². The van der Waals surface area contributed by atoms with Gasteiger partial charge in [0.2, 0.25) is 0 Å². The van der Waals surface area contributed by atoms with E-state index in [0.717, 1.165) is 114 Å². The fourth-order valence-electron chi connectivity index (χ4n) is 11.7. The predicted molar refractivity (Wildman–Crippen MR) is 326 cm³/mol. The molecule has 0 aliphatic heterocycles. The molecule has 21 heteroatoms. The lowest BCUT2D eigenvalue weighted by Crippen LogP contribution is -2.25. The van der Waals surface area contributed by atoms with Gasteiger partial charge in [-0.25, -0.2) is 0 Å². The smallest absolute Gasteiger partial charge is 0.306 e. The summed E-state index contributed by atoms with van der Waals surface area (Å²) in [5.74, 6) is 4.48. The van der Waals surface area contributed by atoms with E-state index in [0.29, 0.717) is 95.8 Å². The van der Waals surface area contributed by atoms with E-state index in [1.807, 2.05) is 60.7 Å². The summed E-state index contributed by atoms with van der Waals surface area (Å²) in [5, 5.41) is 40.6. The summed E-state index contributed by atoms with van der Waals surface area (Å²) < 4.78 is 81.0. The number of hydrogen-bond donors (Lipinski definition) is 5. The molecular formula is C63H84N4O14S3. The molecule has 10 rings (SSSR count). The van der Waals surface area contributed by atoms with E-state index >= 15 is 0 Å². The quantitative estimate of drug-likeness (QED) is 0.0336. The Morgan fingerprint density at radius 2 is 0.738 bits per heavy atom. The van der Waals surface area contributed by atoms with Gasteiger partial charge < -0.3 is 34.5 Å². The van der Waals surface area contributed by atoms with E-state index in [-0.39, 0.29) is 18.2 Å². The maximum atomic E-state index is 11.1. The number of carbonyl (C=O) groups is 1. The molecule has 6 N–H and O–H groups in total. The maximum Gasteiger partial charge on any atom is 0.306 e. The highest BCUT2D eigenvalue weighted by atomic mass is 32.2. The molecule has 5 aliphatic carbocycles. The van der Waals surface area contributed by atoms with Gasteiger partial charge in [0.25, 0.3) is 10.1 Å². The largest absolute Gasteiger partial charge is 0.508 e. The van der Waals surface area contributed by atoms with E-state index in [1.54, 1.807) is 60.7 Å². The first-order valence-electron chi connectivity index (χ1n) is 29.1. The van der Waals surface area contributed by atoms with Crippen molar-refractivity contribution in [2.75, 3.05) is 18.8 Å². The van der Waals surface area contributed by atoms with Crippen LogP contribution in [0.4, 0.5) is 0 Å². The molecule has 0 aromatic heterocycles. The van der Waals surface area contributed by atoms with Crippen molar-refractivity contribution in [1.29, 1.82) is 0 Å². The molecule has 5 aromatic carbocycles. The number of nitrogens with zero attached hydrogens (tertiary/aromatic N) is 3. The van der Waals surface area contributed by atoms with Gasteiger partial charge in [0.15, 0.2) is 0 Å². The molecular weight excluding hydrogens is 1130 g/mol. The lowest BCUT2D eigenvalue weighted by Gasteiger charge is -2.28. The highest BCUT2D eigenvalue weighted by Crippen LogP contribution is 2.38. The van der Waals surface area contributed by atoms with Crippen LogP contribution < -0.4 is 14.1 Å². The van der Waals surface area contributed by atoms with Crippen LogP contribution in [0.2, 0.25) is 0 Å². The van der Waals surface area contributed by atoms with Gasteiger partial charge in [-0.3, -0.25) is 8.98 Å². The summed E-state index contributed by atoms with van der Waals surface area (Å²) in [6.45, 7) is 0. The molecule has 458 valence electrons. The molecule has 0 bridgehead atoms. The number of azide groups is 1. The van der Waals surface area contributed by atoms with Crippen LogP contribution in [0.1, 0.15) is 186 Å². The highest BCUT2D eigenvalue weighted by molar-refractivity contribution is 7.86. The van der Waals surface area contributed by atoms with Gasteiger partial charge >= 0.3 is 20.2 Å². The average Bonchev–Trinajstić information content (AvgIpc) is 3.67. The normalized spacial score (nSPS) is 23.8. The minimum absolute atomic E-state index is 0.0941. The van der Waals surface area contributed by atoms with Crippen molar-refractivity contribution in [1.82, 2.24) is 0 Å². The second-order valence-electron chi connectivity index (χ2n) is 22.9. The van der Waals surface area contributed by atoms with Crippen molar-refractivity contribution in [2.24, 2.45) is 10.8 Å². The van der Waals surface area contributed by atoms with Gasteiger partial charge in [-0.1, -0.05) is 65.8 Å². The monoisotopic (exact) mass is 1220 g/mol. The van der Waals surface area contributed by atoms with Crippen molar-refractivity contribution in [3.8, 4) is 28.7 Å². The molecule has 0 unspecified atom stereocenters. The number of phenolic OH excluding ortho intramolecular Hbond substituents is 3. The van der Waals surface area contributed by atoms with Crippen molar-refractivity contribution >= 4 is 36.1 Å². The van der Waals surface area contributed by atoms with Crippen molar-refractivity contribution in [2.45, 2.75) is 182 Å². The molecule has 0 amide bonds. The minimum Gasteiger partial charge on any atom is -0.508 e. The number of aliphatic hydroxyl groups excluding tert-OH is 1. The molecule has 5 fully saturated rings. The third kappa shape index (κ3) is 24.4. The standard InChI is InChI=1S/C14H20O6S2.C13H17N3O3S.C12H17NO.C12H16O2.C12H14O2/c1-21(15,16)19-13-7-3-11(4-8-13)12-5-9-14(10-6-12)20-22(2,17)18;1-20(17,18)19-13-8-4-11(5-9-13)10-2-6-12(7-3-10)15-16-14;3*13-11-5-1-9(2-6-11)10-3-7-12(14)8-4-10/h3-4,7-8,12,14H,5-6,9-10H2,1-2H3;4-5,8-10,12H,2-3,6-7H2,1H3;3-4,7-9,11,14H,1-2,5-6,13H2;1-2,5-6,10,12-14H,3-4,7-8H2;1-2,5-6,10,13H,3-4,7-8H2. The van der Waals surface area contributed by atoms with Gasteiger partial charge in [0.05, 0.1) is 31.0 Å². The number of nitrogens with two attached hydrogens (primary N) is 1. The zero-order valence-corrected chi connectivity index (χ0v) is 50.8. The Hall–Kier alpha value is -6.19. The molecule has 84 heavy (non-hydrogen) atoms. The summed E-state index contributed by atoms with van der Waals surface area (Å²) in [7, 11) is -10.4. The molecule has 5 aliphatic rings. The van der Waals surface area contributed by atoms with Crippen LogP contribution in [0.3, 0.4) is 0 Å². The fourth-order valence-corrected chi connectivity index (χ4v) is 13.3. The van der Waals surface area contributed by atoms with Crippen molar-refractivity contribution < 1.29 is 63.0 Å². The van der Waals surface area contributed by atoms with Crippen molar-refractivity contribution in [3.63, 3.8) is 0 Å². The summed E-state index contributed by atoms with van der Waals surface area (Å²) in [4.78, 5) is 13.9. The first-order valence-corrected chi connectivity index (χ1v) is 34.5. The SMILES string of the molecule is CS(=O)(=O)Oc1ccc(C2CCC(N=[N+]=[N-])CC2)cc1.CS(=O)(=O)Oc1ccc(C2CCC(OS(C)(=O)=O)CC2)cc1.NC1CCC(c2ccc(O)cc2)CC1.O=C1CCC(c2ccc(O)cc2)CC1.Oc1ccc(C2CCC(O)CC2)cc1. The molecule has 0 spiro atoms. The number of ketones is 1. The number of aromatic hydroxyl groups is 3. The Balaban J connectivity index is 0.000000171. The van der Waals surface area contributed by atoms with Gasteiger partial charge in [-0.05, 0) is 239 Å². The molecule has 5 saturated carbocycles. The van der Waals surface area contributed by atoms with Crippen LogP contribution >= 0.6 is 0 Å². The number of phenols is 3. The second kappa shape index (κ2) is 32.4. The van der Waals surface area contributed by atoms with E-state index in [9.17, 15) is 40.3 Å². The Kier molecular flexibility index (Phi) is 25.8. The maximum absolute atomic E-state index is 11.1. The van der Waals surface area contributed by atoms with Gasteiger partial charge in [-0.2, -0.15) is 25.3 Å². The van der Waals surface area contributed by atoms with Crippen LogP contribution in [-0.4, -0.2) is 94.5 Å². The molecule has 0 radical (unpaired) electrons. The number of carbonyl (C=O) groups excluding carboxylic acids is 1. The van der Waals surface area contributed by atoms with Crippen LogP contribution in [0.5, 0.6) is 28.7 Å². The molecule has 0 saturated heterocycles. The summed E-state index contributed by atoms with van der Waals surface area (Å²) in [6.07, 6.45) is 21.5. The van der Waals surface area contributed by atoms with E-state index in [2.05, 4.69) is 10.0 Å². The lowest BCUT2D eigenvalue weighted by atomic mass is 9.82. The summed E-state index contributed by atoms with van der Waals surface area (Å²) >= 11 is 0. The van der Waals surface area contributed by atoms with Gasteiger partial charge in [-0.15, -0.1) is 0 Å². The number of rotatable bonds is 12. The average molecular weight is 1220 g/mol. The Morgan fingerprint density at radius 1 is 0.440 bits per heavy atom. The Bertz CT molecular complexity index is 3110. The van der Waals surface area contributed by atoms with Gasteiger partial charge in [0, 0.05) is 29.8 Å². The molecule has 0 atom stereocenters. The molecule has 0 heterocycles. The summed E-state index contributed by atoms with van der Waals surface area (Å²) in [5.41, 5.74) is 20.4. The topological polar surface area (TPSA) is 303 Å². The Morgan fingerprint density at radius 3 is 1.06 bits per heavy atom. The number of Topliss-reactive ketones (excluding diaryl/α,β-unsaturated/α-hetero) is 1. The number of benzene rings is 5. The first kappa shape index (κ1) is 66.9. The second-order valence-corrected chi connectivity index (χ2v) is 27.7. The third-order valence-corrected chi connectivity index (χ3v) is 17.8. The number of hydrogen-bond acceptors (Lipinski definition) is 16. The minimum atomic E-state index is -3.51. The zero-order chi connectivity index (χ0) is 60.9. The molecule has 5 aromatic rings. The zero-order valence-electron chi connectivity index (χ0n) is 48.4. The van der Waals surface area contributed by atoms with E-state index in [1.165, 1.54) is 35.1 Å². The third-order valence-electron chi connectivity index (χ3n) is 16.2. The van der Waals surface area contributed by atoms with Crippen molar-refractivity contribution in [3.05, 3.63) is 160 Å². The Labute approximate surface area is 496 Å².